The molecule has 2 saturated carbocycles. The molecular weight excluding hydrogens is 516 g/mol. The lowest BCUT2D eigenvalue weighted by molar-refractivity contribution is -0.145. The fourth-order valence-corrected chi connectivity index (χ4v) is 6.49. The van der Waals surface area contributed by atoms with Crippen LogP contribution in [0.1, 0.15) is 54.9 Å². The number of carbonyl (C=O) groups excluding carboxylic acids is 1. The van der Waals surface area contributed by atoms with Gasteiger partial charge in [0.15, 0.2) is 11.6 Å². The van der Waals surface area contributed by atoms with E-state index in [-0.39, 0.29) is 42.0 Å². The summed E-state index contributed by atoms with van der Waals surface area (Å²) in [5.41, 5.74) is 3.85. The van der Waals surface area contributed by atoms with E-state index in [0.29, 0.717) is 54.2 Å². The van der Waals surface area contributed by atoms with Gasteiger partial charge in [0.05, 0.1) is 24.7 Å². The van der Waals surface area contributed by atoms with Crippen molar-refractivity contribution in [1.29, 1.82) is 0 Å². The summed E-state index contributed by atoms with van der Waals surface area (Å²) in [6, 6.07) is 9.73. The molecule has 3 atom stereocenters. The van der Waals surface area contributed by atoms with Crippen LogP contribution in [0, 0.1) is 36.3 Å². The highest BCUT2D eigenvalue weighted by Gasteiger charge is 2.60. The van der Waals surface area contributed by atoms with Crippen LogP contribution in [0.25, 0.3) is 11.1 Å². The molecule has 0 saturated heterocycles. The Morgan fingerprint density at radius 3 is 2.65 bits per heavy atom. The molecule has 0 bridgehead atoms. The molecule has 0 spiro atoms. The predicted octanol–water partition coefficient (Wildman–Crippen LogP) is 5.90. The summed E-state index contributed by atoms with van der Waals surface area (Å²) in [4.78, 5) is 16.5. The van der Waals surface area contributed by atoms with Gasteiger partial charge >= 0.3 is 5.97 Å². The van der Waals surface area contributed by atoms with Crippen molar-refractivity contribution in [2.45, 2.75) is 58.2 Å². The van der Waals surface area contributed by atoms with Crippen molar-refractivity contribution in [2.75, 3.05) is 13.2 Å². The van der Waals surface area contributed by atoms with Gasteiger partial charge in [-0.15, -0.1) is 0 Å². The van der Waals surface area contributed by atoms with Gasteiger partial charge in [0.25, 0.3) is 0 Å². The smallest absolute Gasteiger partial charge is 0.309 e. The van der Waals surface area contributed by atoms with Gasteiger partial charge in [-0.05, 0) is 104 Å². The summed E-state index contributed by atoms with van der Waals surface area (Å²) in [7, 11) is 0. The summed E-state index contributed by atoms with van der Waals surface area (Å²) >= 11 is 0. The maximum absolute atomic E-state index is 14.9. The van der Waals surface area contributed by atoms with E-state index in [4.69, 9.17) is 14.2 Å². The van der Waals surface area contributed by atoms with Crippen molar-refractivity contribution in [3.63, 3.8) is 0 Å². The van der Waals surface area contributed by atoms with Gasteiger partial charge in [0, 0.05) is 23.7 Å². The van der Waals surface area contributed by atoms with Crippen LogP contribution in [0.15, 0.2) is 42.6 Å². The van der Waals surface area contributed by atoms with Crippen LogP contribution < -0.4 is 9.47 Å². The molecule has 0 aliphatic heterocycles. The van der Waals surface area contributed by atoms with Crippen LogP contribution in [0.3, 0.4) is 0 Å². The minimum atomic E-state index is -0.649. The van der Waals surface area contributed by atoms with E-state index in [9.17, 15) is 18.7 Å². The van der Waals surface area contributed by atoms with Crippen molar-refractivity contribution in [3.8, 4) is 22.8 Å². The van der Waals surface area contributed by atoms with Gasteiger partial charge in [-0.2, -0.15) is 0 Å². The van der Waals surface area contributed by atoms with Gasteiger partial charge in [0.1, 0.15) is 12.4 Å². The Morgan fingerprint density at radius 1 is 1.12 bits per heavy atom. The average Bonchev–Trinajstić information content (AvgIpc) is 3.48. The second-order valence-electron chi connectivity index (χ2n) is 11.7. The largest absolute Gasteiger partial charge is 0.490 e. The summed E-state index contributed by atoms with van der Waals surface area (Å²) in [5, 5.41) is 9.87. The number of esters is 1. The minimum absolute atomic E-state index is 0.0297. The summed E-state index contributed by atoms with van der Waals surface area (Å²) in [5.74, 6) is 0.0837. The fraction of sp³-hybridized carbons (Fsp3) is 0.438. The highest BCUT2D eigenvalue weighted by Crippen LogP contribution is 2.61. The Kier molecular flexibility index (Phi) is 6.77. The Balaban J connectivity index is 1.12. The number of ether oxygens (including phenoxy) is 3. The number of fused-ring (bicyclic) bond motifs is 3. The molecule has 3 aliphatic rings. The number of benzene rings is 2. The lowest BCUT2D eigenvalue weighted by Gasteiger charge is -2.40. The van der Waals surface area contributed by atoms with Crippen molar-refractivity contribution >= 4 is 5.97 Å². The van der Waals surface area contributed by atoms with Gasteiger partial charge < -0.3 is 19.3 Å². The van der Waals surface area contributed by atoms with Crippen molar-refractivity contribution in [3.05, 3.63) is 76.5 Å². The maximum Gasteiger partial charge on any atom is 0.309 e. The molecule has 3 aromatic rings. The Bertz CT molecular complexity index is 1460. The zero-order valence-corrected chi connectivity index (χ0v) is 22.9. The van der Waals surface area contributed by atoms with E-state index in [2.05, 4.69) is 4.98 Å². The van der Waals surface area contributed by atoms with Crippen LogP contribution in [0.5, 0.6) is 11.6 Å². The number of hydrogen-bond acceptors (Lipinski definition) is 6. The fourth-order valence-electron chi connectivity index (χ4n) is 6.49. The van der Waals surface area contributed by atoms with E-state index >= 15 is 0 Å². The zero-order chi connectivity index (χ0) is 28.2. The molecule has 3 aliphatic carbocycles. The first-order chi connectivity index (χ1) is 19.1. The van der Waals surface area contributed by atoms with Crippen molar-refractivity contribution in [2.24, 2.45) is 17.8 Å². The lowest BCUT2D eigenvalue weighted by Crippen LogP contribution is -2.43. The third-order valence-electron chi connectivity index (χ3n) is 8.48. The number of rotatable bonds is 9. The Hall–Kier alpha value is -3.52. The number of aliphatic hydroxyl groups is 1. The molecule has 1 N–H and O–H groups in total. The van der Waals surface area contributed by atoms with Gasteiger partial charge in [-0.1, -0.05) is 6.07 Å². The molecule has 1 heterocycles. The first-order valence-electron chi connectivity index (χ1n) is 13.9. The van der Waals surface area contributed by atoms with E-state index in [0.717, 1.165) is 17.5 Å². The zero-order valence-electron chi connectivity index (χ0n) is 22.9. The molecule has 210 valence electrons. The summed E-state index contributed by atoms with van der Waals surface area (Å²) < 4.78 is 46.4. The van der Waals surface area contributed by atoms with Gasteiger partial charge in [0.2, 0.25) is 5.88 Å². The van der Waals surface area contributed by atoms with E-state index in [1.165, 1.54) is 12.1 Å². The van der Waals surface area contributed by atoms with Crippen LogP contribution in [0.4, 0.5) is 8.78 Å². The molecule has 2 aromatic carbocycles. The molecule has 0 amide bonds. The molecule has 0 unspecified atom stereocenters. The monoisotopic (exact) mass is 549 g/mol. The number of aryl methyl sites for hydroxylation is 1. The van der Waals surface area contributed by atoms with Crippen LogP contribution in [-0.4, -0.2) is 34.9 Å². The SMILES string of the molecule is CCOC(=O)[C@H]1[C@@H]2Cc3cc(OCc4cc(-c5ccc(OC[C@H]6C[C@@](C)(O)C6)c(F)c5)c(C)cc4F)ncc3[C@@H]21. The standard InChI is InChI=1S/C32H33F2NO5/c1-4-38-31(36)30-23-8-20-11-28(35-14-24(20)29(23)30)40-16-21-9-22(17(2)7-25(21)33)19-5-6-27(26(34)10-19)39-15-18-12-32(3,37)13-18/h5-7,9-11,14,18,23,29-30,37H,4,8,12-13,15-16H2,1-3H3/t18-,23-,29-,30+,32+/m1/s1. The number of carbonyl (C=O) groups is 1. The summed E-state index contributed by atoms with van der Waals surface area (Å²) in [6.45, 7) is 6.08. The molecule has 1 aromatic heterocycles. The third-order valence-corrected chi connectivity index (χ3v) is 8.48. The van der Waals surface area contributed by atoms with E-state index < -0.39 is 17.2 Å². The Morgan fingerprint density at radius 2 is 1.93 bits per heavy atom. The highest BCUT2D eigenvalue weighted by atomic mass is 19.1. The van der Waals surface area contributed by atoms with Gasteiger partial charge in [-0.25, -0.2) is 13.8 Å². The van der Waals surface area contributed by atoms with E-state index in [1.807, 2.05) is 13.0 Å². The number of nitrogens with zero attached hydrogens (tertiary/aromatic N) is 1. The van der Waals surface area contributed by atoms with Crippen molar-refractivity contribution in [1.82, 2.24) is 4.98 Å². The molecule has 8 heteroatoms. The molecule has 6 nitrogen and oxygen atoms in total. The lowest BCUT2D eigenvalue weighted by atomic mass is 9.73. The second kappa shape index (κ2) is 10.1. The second-order valence-corrected chi connectivity index (χ2v) is 11.7. The number of hydrogen-bond donors (Lipinski definition) is 1. The number of aromatic nitrogens is 1. The average molecular weight is 550 g/mol. The van der Waals surface area contributed by atoms with Crippen LogP contribution in [-0.2, 0) is 22.6 Å². The molecule has 6 rings (SSSR count). The maximum atomic E-state index is 14.9. The molecule has 2 fully saturated rings. The predicted molar refractivity (Wildman–Crippen MR) is 144 cm³/mol. The topological polar surface area (TPSA) is 77.9 Å². The number of halogens is 2. The molecule has 40 heavy (non-hydrogen) atoms. The summed E-state index contributed by atoms with van der Waals surface area (Å²) in [6.07, 6.45) is 3.82. The first kappa shape index (κ1) is 26.7. The normalized spacial score (nSPS) is 25.9. The Labute approximate surface area is 232 Å². The highest BCUT2D eigenvalue weighted by molar-refractivity contribution is 5.79. The minimum Gasteiger partial charge on any atom is -0.490 e. The molecular formula is C32H33F2NO5. The first-order valence-corrected chi connectivity index (χ1v) is 13.9. The van der Waals surface area contributed by atoms with Crippen LogP contribution in [0.2, 0.25) is 0 Å². The number of pyridine rings is 1. The quantitative estimate of drug-likeness (QED) is 0.335. The third kappa shape index (κ3) is 5.05. The van der Waals surface area contributed by atoms with Crippen LogP contribution >= 0.6 is 0 Å². The van der Waals surface area contributed by atoms with E-state index in [1.54, 1.807) is 38.2 Å². The van der Waals surface area contributed by atoms with Crippen molar-refractivity contribution < 1.29 is 32.9 Å². The molecule has 0 radical (unpaired) electrons. The van der Waals surface area contributed by atoms with Gasteiger partial charge in [-0.3, -0.25) is 4.79 Å².